The molecule has 5 rings (SSSR count). The van der Waals surface area contributed by atoms with Gasteiger partial charge in [0, 0.05) is 60.6 Å². The minimum atomic E-state index is -2.98. The third-order valence-electron chi connectivity index (χ3n) is 7.49. The van der Waals surface area contributed by atoms with E-state index in [1.54, 1.807) is 12.1 Å². The lowest BCUT2D eigenvalue weighted by Crippen LogP contribution is -2.54. The molecule has 3 aromatic rings. The van der Waals surface area contributed by atoms with Gasteiger partial charge in [0.1, 0.15) is 23.7 Å². The lowest BCUT2D eigenvalue weighted by Gasteiger charge is -2.38. The van der Waals surface area contributed by atoms with Crippen molar-refractivity contribution in [2.45, 2.75) is 56.2 Å². The molecule has 1 aliphatic carbocycles. The number of aromatic nitrogens is 1. The Bertz CT molecular complexity index is 1650. The summed E-state index contributed by atoms with van der Waals surface area (Å²) in [5, 5.41) is 11.7. The SMILES string of the molecule is N#Cc1ccnc(N2C(=O)CC[C@H]2CC(=O)N(c2cc(F)cc(F)c2)[C@H](C(=O)NC2CC(F)(F)C2)c2ccccc2Cl)c1F. The summed E-state index contributed by atoms with van der Waals surface area (Å²) in [4.78, 5) is 46.4. The van der Waals surface area contributed by atoms with Crippen molar-refractivity contribution < 1.29 is 36.3 Å². The van der Waals surface area contributed by atoms with Crippen LogP contribution >= 0.6 is 11.6 Å². The van der Waals surface area contributed by atoms with Crippen LogP contribution in [0.1, 0.15) is 49.3 Å². The summed E-state index contributed by atoms with van der Waals surface area (Å²) in [6, 6.07) is 7.16. The molecule has 1 saturated carbocycles. The summed E-state index contributed by atoms with van der Waals surface area (Å²) in [5.74, 6) is -9.13. The smallest absolute Gasteiger partial charge is 0.252 e. The summed E-state index contributed by atoms with van der Waals surface area (Å²) >= 11 is 6.41. The molecule has 1 saturated heterocycles. The van der Waals surface area contributed by atoms with Crippen molar-refractivity contribution in [1.82, 2.24) is 10.3 Å². The Hall–Kier alpha value is -4.57. The Morgan fingerprint density at radius 1 is 1.14 bits per heavy atom. The first kappa shape index (κ1) is 30.9. The highest BCUT2D eigenvalue weighted by Gasteiger charge is 2.47. The molecular weight excluding hydrogens is 609 g/mol. The molecule has 1 N–H and O–H groups in total. The Morgan fingerprint density at radius 3 is 2.45 bits per heavy atom. The predicted octanol–water partition coefficient (Wildman–Crippen LogP) is 5.60. The Kier molecular flexibility index (Phi) is 8.56. The molecule has 2 aromatic carbocycles. The first-order valence-electron chi connectivity index (χ1n) is 13.5. The zero-order valence-corrected chi connectivity index (χ0v) is 23.5. The molecule has 2 atom stereocenters. The molecule has 0 radical (unpaired) electrons. The number of hydrogen-bond acceptors (Lipinski definition) is 5. The van der Waals surface area contributed by atoms with E-state index in [1.807, 2.05) is 0 Å². The van der Waals surface area contributed by atoms with Crippen molar-refractivity contribution >= 4 is 40.8 Å². The van der Waals surface area contributed by atoms with E-state index in [0.717, 1.165) is 34.2 Å². The molecular formula is C30H23ClF5N5O3. The van der Waals surface area contributed by atoms with Crippen LogP contribution in [-0.2, 0) is 14.4 Å². The first-order valence-corrected chi connectivity index (χ1v) is 13.8. The molecule has 3 amide bonds. The van der Waals surface area contributed by atoms with Crippen LogP contribution in [-0.4, -0.2) is 40.7 Å². The van der Waals surface area contributed by atoms with E-state index < -0.39 is 90.0 Å². The van der Waals surface area contributed by atoms with Gasteiger partial charge in [-0.2, -0.15) is 5.26 Å². The largest absolute Gasteiger partial charge is 0.351 e. The van der Waals surface area contributed by atoms with Gasteiger partial charge in [-0.1, -0.05) is 29.8 Å². The molecule has 228 valence electrons. The fourth-order valence-corrected chi connectivity index (χ4v) is 5.71. The van der Waals surface area contributed by atoms with Crippen LogP contribution in [0.4, 0.5) is 33.5 Å². The molecule has 14 heteroatoms. The van der Waals surface area contributed by atoms with Crippen LogP contribution < -0.4 is 15.1 Å². The highest BCUT2D eigenvalue weighted by Crippen LogP contribution is 2.40. The number of nitrogens with zero attached hydrogens (tertiary/aromatic N) is 4. The molecule has 44 heavy (non-hydrogen) atoms. The van der Waals surface area contributed by atoms with Gasteiger partial charge in [0.25, 0.3) is 5.92 Å². The number of halogens is 6. The van der Waals surface area contributed by atoms with E-state index in [9.17, 15) is 37.2 Å². The maximum atomic E-state index is 15.1. The van der Waals surface area contributed by atoms with Crippen molar-refractivity contribution in [2.24, 2.45) is 0 Å². The number of alkyl halides is 2. The number of anilines is 2. The fourth-order valence-electron chi connectivity index (χ4n) is 5.47. The maximum Gasteiger partial charge on any atom is 0.252 e. The second kappa shape index (κ2) is 12.2. The van der Waals surface area contributed by atoms with Crippen LogP contribution in [0, 0.1) is 28.8 Å². The van der Waals surface area contributed by atoms with Gasteiger partial charge in [-0.25, -0.2) is 26.9 Å². The third-order valence-corrected chi connectivity index (χ3v) is 7.84. The standard InChI is InChI=1S/C30H23ClF5N5O3/c31-23-4-2-1-3-22(23)27(29(44)39-19-13-30(35,36)14-19)40(21-10-17(32)9-18(33)11-21)25(43)12-20-5-6-24(42)41(20)28-26(34)16(15-37)7-8-38-28/h1-4,7-11,19-20,27H,5-6,12-14H2,(H,39,44)/t20-,27-/m0/s1. The average molecular weight is 632 g/mol. The second-order valence-corrected chi connectivity index (χ2v) is 11.0. The quantitative estimate of drug-likeness (QED) is 0.326. The number of rotatable bonds is 8. The van der Waals surface area contributed by atoms with Crippen molar-refractivity contribution in [2.75, 3.05) is 9.80 Å². The minimum Gasteiger partial charge on any atom is -0.351 e. The van der Waals surface area contributed by atoms with E-state index in [0.29, 0.717) is 6.07 Å². The van der Waals surface area contributed by atoms with Crippen LogP contribution in [0.3, 0.4) is 0 Å². The normalized spacial score (nSPS) is 18.3. The minimum absolute atomic E-state index is 0.00137. The van der Waals surface area contributed by atoms with Crippen molar-refractivity contribution in [1.29, 1.82) is 5.26 Å². The van der Waals surface area contributed by atoms with Crippen molar-refractivity contribution in [3.63, 3.8) is 0 Å². The summed E-state index contributed by atoms with van der Waals surface area (Å²) in [5.41, 5.74) is -0.739. The Balaban J connectivity index is 1.56. The van der Waals surface area contributed by atoms with E-state index in [1.165, 1.54) is 18.2 Å². The number of nitrogens with one attached hydrogen (secondary N) is 1. The number of pyridine rings is 1. The number of carbonyl (C=O) groups is 3. The summed E-state index contributed by atoms with van der Waals surface area (Å²) in [7, 11) is 0. The Morgan fingerprint density at radius 2 is 1.82 bits per heavy atom. The summed E-state index contributed by atoms with van der Waals surface area (Å²) in [6.07, 6.45) is -0.781. The lowest BCUT2D eigenvalue weighted by atomic mass is 9.87. The Labute approximate surface area is 253 Å². The number of carbonyl (C=O) groups excluding carboxylic acids is 3. The topological polar surface area (TPSA) is 106 Å². The van der Waals surface area contributed by atoms with Gasteiger partial charge in [-0.3, -0.25) is 24.2 Å². The van der Waals surface area contributed by atoms with Gasteiger partial charge in [-0.15, -0.1) is 0 Å². The number of benzene rings is 2. The zero-order chi connectivity index (χ0) is 31.8. The number of amides is 3. The molecule has 2 heterocycles. The molecule has 2 fully saturated rings. The van der Waals surface area contributed by atoms with E-state index in [4.69, 9.17) is 11.6 Å². The lowest BCUT2D eigenvalue weighted by molar-refractivity contribution is -0.133. The van der Waals surface area contributed by atoms with Crippen LogP contribution in [0.5, 0.6) is 0 Å². The molecule has 0 bridgehead atoms. The second-order valence-electron chi connectivity index (χ2n) is 10.6. The van der Waals surface area contributed by atoms with Crippen molar-refractivity contribution in [3.05, 3.63) is 88.3 Å². The van der Waals surface area contributed by atoms with Gasteiger partial charge in [0.2, 0.25) is 17.7 Å². The summed E-state index contributed by atoms with van der Waals surface area (Å²) < 4.78 is 71.2. The molecule has 2 aliphatic rings. The van der Waals surface area contributed by atoms with Crippen LogP contribution in [0.2, 0.25) is 5.02 Å². The number of hydrogen-bond donors (Lipinski definition) is 1. The van der Waals surface area contributed by atoms with Gasteiger partial charge in [-0.05, 0) is 30.7 Å². The zero-order valence-electron chi connectivity index (χ0n) is 22.7. The van der Waals surface area contributed by atoms with Gasteiger partial charge in [0.15, 0.2) is 11.6 Å². The maximum absolute atomic E-state index is 15.1. The summed E-state index contributed by atoms with van der Waals surface area (Å²) in [6.45, 7) is 0. The van der Waals surface area contributed by atoms with E-state index in [-0.39, 0.29) is 29.0 Å². The number of nitriles is 1. The predicted molar refractivity (Wildman–Crippen MR) is 148 cm³/mol. The highest BCUT2D eigenvalue weighted by molar-refractivity contribution is 6.31. The highest BCUT2D eigenvalue weighted by atomic mass is 35.5. The van der Waals surface area contributed by atoms with Gasteiger partial charge >= 0.3 is 0 Å². The van der Waals surface area contributed by atoms with Gasteiger partial charge in [0.05, 0.1) is 11.3 Å². The molecule has 0 spiro atoms. The molecule has 1 aromatic heterocycles. The third kappa shape index (κ3) is 6.21. The average Bonchev–Trinajstić information content (AvgIpc) is 3.29. The van der Waals surface area contributed by atoms with Crippen molar-refractivity contribution in [3.8, 4) is 6.07 Å². The molecule has 0 unspecified atom stereocenters. The molecule has 1 aliphatic heterocycles. The first-order chi connectivity index (χ1) is 20.9. The van der Waals surface area contributed by atoms with E-state index in [2.05, 4.69) is 10.3 Å². The van der Waals surface area contributed by atoms with Crippen LogP contribution in [0.15, 0.2) is 54.7 Å². The molecule has 8 nitrogen and oxygen atoms in total. The van der Waals surface area contributed by atoms with Crippen LogP contribution in [0.25, 0.3) is 0 Å². The fraction of sp³-hybridized carbons (Fsp3) is 0.300. The van der Waals surface area contributed by atoms with E-state index >= 15 is 4.39 Å². The monoisotopic (exact) mass is 631 g/mol. The van der Waals surface area contributed by atoms with Gasteiger partial charge < -0.3 is 5.32 Å².